The molecule has 1 heterocycles. The first kappa shape index (κ1) is 14.4. The van der Waals surface area contributed by atoms with Crippen molar-refractivity contribution in [3.63, 3.8) is 0 Å². The largest absolute Gasteiger partial charge is 0.368 e. The Hall–Kier alpha value is -1.55. The number of benzene rings is 1. The minimum absolute atomic E-state index is 0.736. The van der Waals surface area contributed by atoms with E-state index < -0.39 is 0 Å². The molecule has 1 aliphatic heterocycles. The molecule has 3 rings (SSSR count). The Balaban J connectivity index is 1.83. The van der Waals surface area contributed by atoms with Gasteiger partial charge in [-0.25, -0.2) is 4.99 Å². The predicted octanol–water partition coefficient (Wildman–Crippen LogP) is 3.79. The molecule has 2 N–H and O–H groups in total. The molecular formula is C17H25N3O. The van der Waals surface area contributed by atoms with Crippen LogP contribution in [0.1, 0.15) is 44.1 Å². The van der Waals surface area contributed by atoms with Gasteiger partial charge in [-0.3, -0.25) is 10.7 Å². The number of hydroxylamine groups is 1. The molecule has 4 nitrogen and oxygen atoms in total. The lowest BCUT2D eigenvalue weighted by Gasteiger charge is -2.46. The van der Waals surface area contributed by atoms with Crippen LogP contribution in [0.25, 0.3) is 0 Å². The molecule has 2 atom stereocenters. The fourth-order valence-electron chi connectivity index (χ4n) is 4.07. The normalized spacial score (nSPS) is 25.9. The van der Waals surface area contributed by atoms with E-state index in [4.69, 9.17) is 5.21 Å². The standard InChI is InChI=1S/C17H25N3O/c1-13-11-15(18-12-19-21)8-9-16(13)20-10-4-6-14-5-2-3-7-17(14)20/h8-9,11-12,14,17,21H,2-7,10H2,1H3,(H,18,19). The first-order chi connectivity index (χ1) is 10.3. The maximum atomic E-state index is 8.58. The highest BCUT2D eigenvalue weighted by Gasteiger charge is 2.33. The molecule has 2 aliphatic rings. The minimum Gasteiger partial charge on any atom is -0.368 e. The van der Waals surface area contributed by atoms with Crippen LogP contribution >= 0.6 is 0 Å². The third-order valence-electron chi connectivity index (χ3n) is 5.00. The Bertz CT molecular complexity index is 513. The predicted molar refractivity (Wildman–Crippen MR) is 86.6 cm³/mol. The van der Waals surface area contributed by atoms with Crippen LogP contribution in [0.4, 0.5) is 11.4 Å². The fourth-order valence-corrected chi connectivity index (χ4v) is 4.07. The van der Waals surface area contributed by atoms with Crippen LogP contribution in [0.5, 0.6) is 0 Å². The molecule has 0 radical (unpaired) electrons. The molecule has 4 heteroatoms. The zero-order chi connectivity index (χ0) is 14.7. The number of nitrogens with one attached hydrogen (secondary N) is 1. The average Bonchev–Trinajstić information content (AvgIpc) is 2.53. The average molecular weight is 287 g/mol. The zero-order valence-corrected chi connectivity index (χ0v) is 12.8. The quantitative estimate of drug-likeness (QED) is 0.505. The van der Waals surface area contributed by atoms with Crippen LogP contribution in [0, 0.1) is 12.8 Å². The van der Waals surface area contributed by atoms with E-state index in [9.17, 15) is 0 Å². The summed E-state index contributed by atoms with van der Waals surface area (Å²) in [5, 5.41) is 8.58. The van der Waals surface area contributed by atoms with Crippen molar-refractivity contribution < 1.29 is 5.21 Å². The maximum absolute atomic E-state index is 8.58. The van der Waals surface area contributed by atoms with E-state index in [-0.39, 0.29) is 0 Å². The Morgan fingerprint density at radius 1 is 1.24 bits per heavy atom. The molecule has 1 saturated heterocycles. The van der Waals surface area contributed by atoms with E-state index in [2.05, 4.69) is 28.9 Å². The van der Waals surface area contributed by atoms with Crippen molar-refractivity contribution in [1.29, 1.82) is 0 Å². The zero-order valence-electron chi connectivity index (χ0n) is 12.8. The molecule has 0 aromatic heterocycles. The topological polar surface area (TPSA) is 47.9 Å². The number of piperidine rings is 1. The number of hydrogen-bond acceptors (Lipinski definition) is 3. The summed E-state index contributed by atoms with van der Waals surface area (Å²) in [6.07, 6.45) is 9.56. The van der Waals surface area contributed by atoms with Gasteiger partial charge in [0.15, 0.2) is 0 Å². The summed E-state index contributed by atoms with van der Waals surface area (Å²) in [4.78, 5) is 6.79. The summed E-state index contributed by atoms with van der Waals surface area (Å²) >= 11 is 0. The second kappa shape index (κ2) is 6.48. The second-order valence-electron chi connectivity index (χ2n) is 6.31. The van der Waals surface area contributed by atoms with Crippen molar-refractivity contribution in [3.05, 3.63) is 23.8 Å². The Labute approximate surface area is 126 Å². The molecule has 21 heavy (non-hydrogen) atoms. The van der Waals surface area contributed by atoms with E-state index >= 15 is 0 Å². The Morgan fingerprint density at radius 2 is 2.05 bits per heavy atom. The molecule has 0 bridgehead atoms. The number of aliphatic imine (C=N–C) groups is 1. The smallest absolute Gasteiger partial charge is 0.113 e. The molecular weight excluding hydrogens is 262 g/mol. The van der Waals surface area contributed by atoms with E-state index in [1.807, 2.05) is 11.5 Å². The van der Waals surface area contributed by atoms with Crippen LogP contribution in [0.15, 0.2) is 23.2 Å². The van der Waals surface area contributed by atoms with Gasteiger partial charge in [0.05, 0.1) is 5.69 Å². The highest BCUT2D eigenvalue weighted by atomic mass is 16.5. The molecule has 0 spiro atoms. The molecule has 1 aliphatic carbocycles. The number of fused-ring (bicyclic) bond motifs is 1. The lowest BCUT2D eigenvalue weighted by atomic mass is 9.78. The highest BCUT2D eigenvalue weighted by molar-refractivity contribution is 5.64. The molecule has 1 saturated carbocycles. The van der Waals surface area contributed by atoms with E-state index in [1.54, 1.807) is 0 Å². The van der Waals surface area contributed by atoms with Gasteiger partial charge in [-0.15, -0.1) is 0 Å². The van der Waals surface area contributed by atoms with Crippen molar-refractivity contribution in [1.82, 2.24) is 5.48 Å². The van der Waals surface area contributed by atoms with Gasteiger partial charge in [0.2, 0.25) is 0 Å². The summed E-state index contributed by atoms with van der Waals surface area (Å²) in [6, 6.07) is 7.05. The van der Waals surface area contributed by atoms with Crippen LogP contribution in [-0.2, 0) is 0 Å². The van der Waals surface area contributed by atoms with Gasteiger partial charge in [-0.2, -0.15) is 0 Å². The van der Waals surface area contributed by atoms with Gasteiger partial charge >= 0.3 is 0 Å². The molecule has 1 aromatic rings. The number of aryl methyl sites for hydroxylation is 1. The van der Waals surface area contributed by atoms with Gasteiger partial charge in [-0.05, 0) is 62.3 Å². The first-order valence-electron chi connectivity index (χ1n) is 8.09. The van der Waals surface area contributed by atoms with Crippen molar-refractivity contribution >= 4 is 17.7 Å². The van der Waals surface area contributed by atoms with Crippen molar-refractivity contribution in [3.8, 4) is 0 Å². The Morgan fingerprint density at radius 3 is 2.86 bits per heavy atom. The van der Waals surface area contributed by atoms with Crippen molar-refractivity contribution in [2.24, 2.45) is 10.9 Å². The summed E-state index contributed by atoms with van der Waals surface area (Å²) in [5.74, 6) is 0.892. The van der Waals surface area contributed by atoms with Gasteiger partial charge in [0, 0.05) is 18.3 Å². The summed E-state index contributed by atoms with van der Waals surface area (Å²) in [6.45, 7) is 3.34. The van der Waals surface area contributed by atoms with Crippen LogP contribution < -0.4 is 10.4 Å². The fraction of sp³-hybridized carbons (Fsp3) is 0.588. The molecule has 0 amide bonds. The van der Waals surface area contributed by atoms with Gasteiger partial charge in [0.1, 0.15) is 6.34 Å². The van der Waals surface area contributed by atoms with Crippen LogP contribution in [0.2, 0.25) is 0 Å². The van der Waals surface area contributed by atoms with E-state index in [0.29, 0.717) is 0 Å². The van der Waals surface area contributed by atoms with Crippen molar-refractivity contribution in [2.45, 2.75) is 51.5 Å². The number of anilines is 1. The third-order valence-corrected chi connectivity index (χ3v) is 5.00. The number of nitrogens with zero attached hydrogens (tertiary/aromatic N) is 2. The number of rotatable bonds is 3. The SMILES string of the molecule is Cc1cc(N=CNO)ccc1N1CCCC2CCCCC21. The van der Waals surface area contributed by atoms with Crippen molar-refractivity contribution in [2.75, 3.05) is 11.4 Å². The molecule has 114 valence electrons. The lowest BCUT2D eigenvalue weighted by molar-refractivity contribution is 0.240. The molecule has 1 aromatic carbocycles. The molecule has 2 unspecified atom stereocenters. The van der Waals surface area contributed by atoms with E-state index in [0.717, 1.165) is 17.6 Å². The maximum Gasteiger partial charge on any atom is 0.113 e. The lowest BCUT2D eigenvalue weighted by Crippen LogP contribution is -2.47. The highest BCUT2D eigenvalue weighted by Crippen LogP contribution is 2.39. The third kappa shape index (κ3) is 3.05. The Kier molecular flexibility index (Phi) is 4.44. The minimum atomic E-state index is 0.736. The van der Waals surface area contributed by atoms with Gasteiger partial charge < -0.3 is 4.90 Å². The first-order valence-corrected chi connectivity index (χ1v) is 8.09. The van der Waals surface area contributed by atoms with Crippen LogP contribution in [0.3, 0.4) is 0 Å². The monoisotopic (exact) mass is 287 g/mol. The number of hydrogen-bond donors (Lipinski definition) is 2. The van der Waals surface area contributed by atoms with E-state index in [1.165, 1.54) is 62.7 Å². The van der Waals surface area contributed by atoms with Crippen LogP contribution in [-0.4, -0.2) is 24.1 Å². The summed E-state index contributed by atoms with van der Waals surface area (Å²) in [5.41, 5.74) is 5.45. The van der Waals surface area contributed by atoms with Gasteiger partial charge in [-0.1, -0.05) is 12.8 Å². The second-order valence-corrected chi connectivity index (χ2v) is 6.31. The summed E-state index contributed by atoms with van der Waals surface area (Å²) < 4.78 is 0. The molecule has 2 fully saturated rings. The summed E-state index contributed by atoms with van der Waals surface area (Å²) in [7, 11) is 0. The van der Waals surface area contributed by atoms with Gasteiger partial charge in [0.25, 0.3) is 0 Å².